The molecule has 0 aromatic carbocycles. The molecule has 3 heteroatoms. The van der Waals surface area contributed by atoms with Gasteiger partial charge < -0.3 is 9.41 Å². The minimum absolute atomic E-state index is 0. The molecule has 2 saturated carbocycles. The quantitative estimate of drug-likeness (QED) is 0.497. The van der Waals surface area contributed by atoms with Crippen LogP contribution >= 0.6 is 0 Å². The van der Waals surface area contributed by atoms with Crippen molar-refractivity contribution in [1.29, 1.82) is 0 Å². The number of allylic oxidation sites excluding steroid dienone is 8. The van der Waals surface area contributed by atoms with Crippen molar-refractivity contribution in [3.8, 4) is 0 Å². The molecule has 0 nitrogen and oxygen atoms in total. The van der Waals surface area contributed by atoms with E-state index in [0.29, 0.717) is 0 Å². The van der Waals surface area contributed by atoms with E-state index in [1.54, 1.807) is 11.1 Å². The number of hydrogen-bond donors (Lipinski definition) is 0. The smallest absolute Gasteiger partial charge is 1.00 e. The zero-order valence-electron chi connectivity index (χ0n) is 13.7. The molecule has 4 rings (SSSR count). The third kappa shape index (κ3) is 6.45. The summed E-state index contributed by atoms with van der Waals surface area (Å²) in [4.78, 5) is 0. The van der Waals surface area contributed by atoms with Gasteiger partial charge in [-0.3, -0.25) is 0 Å². The van der Waals surface area contributed by atoms with Crippen LogP contribution < -0.4 is 9.41 Å². The summed E-state index contributed by atoms with van der Waals surface area (Å²) in [6.07, 6.45) is 29.0. The van der Waals surface area contributed by atoms with Crippen LogP contribution in [0.5, 0.6) is 0 Å². The fourth-order valence-corrected chi connectivity index (χ4v) is 3.74. The zero-order chi connectivity index (χ0) is 13.6. The Morgan fingerprint density at radius 3 is 1.57 bits per heavy atom. The predicted octanol–water partition coefficient (Wildman–Crippen LogP) is -0.240. The maximum absolute atomic E-state index is 2.39. The molecule has 0 N–H and O–H groups in total. The maximum atomic E-state index is 2.39. The van der Waals surface area contributed by atoms with Crippen molar-refractivity contribution in [1.82, 2.24) is 0 Å². The van der Waals surface area contributed by atoms with E-state index in [9.17, 15) is 0 Å². The van der Waals surface area contributed by atoms with Gasteiger partial charge in [0.05, 0.1) is 0 Å². The van der Waals surface area contributed by atoms with Crippen LogP contribution in [0.25, 0.3) is 0 Å². The Kier molecular flexibility index (Phi) is 11.6. The van der Waals surface area contributed by atoms with Crippen LogP contribution in [0.3, 0.4) is 0 Å². The van der Waals surface area contributed by atoms with Gasteiger partial charge in [-0.1, -0.05) is 12.8 Å². The van der Waals surface area contributed by atoms with E-state index in [2.05, 4.69) is 49.3 Å². The van der Waals surface area contributed by atoms with E-state index in [1.807, 2.05) is 0 Å². The molecule has 2 fully saturated rings. The minimum Gasteiger partial charge on any atom is -1.00 e. The summed E-state index contributed by atoms with van der Waals surface area (Å²) >= 11 is 0. The summed E-state index contributed by atoms with van der Waals surface area (Å²) in [6, 6.07) is 0. The summed E-state index contributed by atoms with van der Waals surface area (Å²) in [7, 11) is 0. The molecule has 0 aromatic rings. The summed E-state index contributed by atoms with van der Waals surface area (Å²) < 4.78 is 0. The molecule has 4 aliphatic carbocycles. The minimum atomic E-state index is 0. The Labute approximate surface area is 159 Å². The standard InChI is InChI=1S/2C10H13.2FH.Zr/c2*1-2-5-9-7-4-8-10(9)6-3-1;;;/h2*1-2,5,7,10H,3-4,6,8H2;2*1H;/q2*-1;;;+4/p-2. The maximum Gasteiger partial charge on any atom is 4.00 e. The second kappa shape index (κ2) is 11.9. The van der Waals surface area contributed by atoms with Gasteiger partial charge in [0.1, 0.15) is 0 Å². The van der Waals surface area contributed by atoms with Crippen molar-refractivity contribution >= 4 is 0 Å². The molecule has 0 bridgehead atoms. The van der Waals surface area contributed by atoms with Crippen LogP contribution in [0.15, 0.2) is 47.6 Å². The molecule has 124 valence electrons. The van der Waals surface area contributed by atoms with E-state index in [-0.39, 0.29) is 35.6 Å². The molecule has 0 aliphatic heterocycles. The molecule has 0 aromatic heterocycles. The monoisotopic (exact) mass is 394 g/mol. The Balaban J connectivity index is 0.000000372. The van der Waals surface area contributed by atoms with Gasteiger partial charge in [0.2, 0.25) is 0 Å². The molecule has 4 aliphatic rings. The van der Waals surface area contributed by atoms with Crippen molar-refractivity contribution in [2.45, 2.75) is 51.4 Å². The first-order valence-corrected chi connectivity index (χ1v) is 8.33. The Morgan fingerprint density at radius 1 is 0.696 bits per heavy atom. The van der Waals surface area contributed by atoms with Gasteiger partial charge in [0.25, 0.3) is 0 Å². The van der Waals surface area contributed by atoms with E-state index in [0.717, 1.165) is 11.8 Å². The van der Waals surface area contributed by atoms with Gasteiger partial charge in [-0.25, -0.2) is 36.1 Å². The SMILES string of the molecule is C1=CCCC2CC[CH-]C2=C1.C1=CCCC2CC[CH-]C2=C1.[F-].[F-].[Zr+4]. The summed E-state index contributed by atoms with van der Waals surface area (Å²) in [5.74, 6) is 1.80. The van der Waals surface area contributed by atoms with Crippen LogP contribution in [0, 0.1) is 24.7 Å². The normalized spacial score (nSPS) is 26.4. The molecular formula is C20H26F2Zr. The Bertz CT molecular complexity index is 407. The van der Waals surface area contributed by atoms with Gasteiger partial charge in [0, 0.05) is 0 Å². The second-order valence-electron chi connectivity index (χ2n) is 6.30. The summed E-state index contributed by atoms with van der Waals surface area (Å²) in [5.41, 5.74) is 3.18. The molecule has 2 atom stereocenters. The topological polar surface area (TPSA) is 0 Å². The molecule has 0 saturated heterocycles. The van der Waals surface area contributed by atoms with E-state index in [4.69, 9.17) is 0 Å². The number of rotatable bonds is 0. The van der Waals surface area contributed by atoms with Gasteiger partial charge in [-0.15, -0.1) is 37.1 Å². The van der Waals surface area contributed by atoms with Crippen LogP contribution in [0.4, 0.5) is 0 Å². The van der Waals surface area contributed by atoms with Crippen molar-refractivity contribution < 1.29 is 35.6 Å². The van der Waals surface area contributed by atoms with Crippen molar-refractivity contribution in [3.05, 3.63) is 60.4 Å². The first-order chi connectivity index (χ1) is 9.93. The van der Waals surface area contributed by atoms with Crippen LogP contribution in [0.2, 0.25) is 0 Å². The van der Waals surface area contributed by atoms with Crippen LogP contribution in [0.1, 0.15) is 51.4 Å². The number of fused-ring (bicyclic) bond motifs is 2. The van der Waals surface area contributed by atoms with Crippen LogP contribution in [-0.2, 0) is 26.2 Å². The van der Waals surface area contributed by atoms with Crippen LogP contribution in [-0.4, -0.2) is 0 Å². The Morgan fingerprint density at radius 2 is 1.13 bits per heavy atom. The fraction of sp³-hybridized carbons (Fsp3) is 0.500. The average Bonchev–Trinajstić information content (AvgIpc) is 2.98. The third-order valence-corrected chi connectivity index (χ3v) is 4.95. The van der Waals surface area contributed by atoms with Gasteiger partial charge in [0.15, 0.2) is 0 Å². The third-order valence-electron chi connectivity index (χ3n) is 4.95. The molecule has 0 spiro atoms. The van der Waals surface area contributed by atoms with E-state index < -0.39 is 0 Å². The Hall–Kier alpha value is -0.557. The van der Waals surface area contributed by atoms with E-state index >= 15 is 0 Å². The largest absolute Gasteiger partial charge is 4.00 e. The van der Waals surface area contributed by atoms with Crippen molar-refractivity contribution in [2.24, 2.45) is 11.8 Å². The number of halogens is 2. The summed E-state index contributed by atoms with van der Waals surface area (Å²) in [6.45, 7) is 0. The van der Waals surface area contributed by atoms with Crippen molar-refractivity contribution in [2.75, 3.05) is 0 Å². The van der Waals surface area contributed by atoms with Gasteiger partial charge in [-0.2, -0.15) is 0 Å². The molecule has 2 unspecified atom stereocenters. The average molecular weight is 396 g/mol. The molecule has 0 amide bonds. The summed E-state index contributed by atoms with van der Waals surface area (Å²) in [5, 5.41) is 0. The van der Waals surface area contributed by atoms with Gasteiger partial charge in [-0.05, 0) is 37.5 Å². The molecule has 23 heavy (non-hydrogen) atoms. The second-order valence-corrected chi connectivity index (χ2v) is 6.30. The fourth-order valence-electron chi connectivity index (χ4n) is 3.74. The molecular weight excluding hydrogens is 369 g/mol. The zero-order valence-corrected chi connectivity index (χ0v) is 16.1. The first kappa shape index (κ1) is 22.4. The molecule has 0 heterocycles. The molecule has 0 radical (unpaired) electrons. The van der Waals surface area contributed by atoms with Crippen molar-refractivity contribution in [3.63, 3.8) is 0 Å². The van der Waals surface area contributed by atoms with Gasteiger partial charge >= 0.3 is 26.2 Å². The predicted molar refractivity (Wildman–Crippen MR) is 87.0 cm³/mol. The first-order valence-electron chi connectivity index (χ1n) is 8.33. The van der Waals surface area contributed by atoms with E-state index in [1.165, 1.54) is 51.4 Å². The number of hydrogen-bond acceptors (Lipinski definition) is 0.